The second-order valence-electron chi connectivity index (χ2n) is 2.43. The van der Waals surface area contributed by atoms with Crippen LogP contribution in [-0.4, -0.2) is 9.97 Å². The predicted molar refractivity (Wildman–Crippen MR) is 69.7 cm³/mol. The van der Waals surface area contributed by atoms with Crippen molar-refractivity contribution in [3.63, 3.8) is 0 Å². The number of aromatic nitrogens is 2. The molecule has 2 aromatic rings. The van der Waals surface area contributed by atoms with Gasteiger partial charge in [-0.25, -0.2) is 0 Å². The molecule has 0 fully saturated rings. The van der Waals surface area contributed by atoms with Crippen LogP contribution in [0.25, 0.3) is 11.4 Å². The fourth-order valence-electron chi connectivity index (χ4n) is 1.03. The average molecular weight is 224 g/mol. The summed E-state index contributed by atoms with van der Waals surface area (Å²) in [5.41, 5.74) is 1.83. The van der Waals surface area contributed by atoms with Crippen LogP contribution in [0.1, 0.15) is 0 Å². The Morgan fingerprint density at radius 3 is 1.36 bits per heavy atom. The van der Waals surface area contributed by atoms with E-state index in [1.54, 1.807) is 12.4 Å². The van der Waals surface area contributed by atoms with Crippen LogP contribution >= 0.6 is 19.8 Å². The van der Waals surface area contributed by atoms with Gasteiger partial charge in [0.15, 0.2) is 0 Å². The number of pyridine rings is 2. The Bertz CT molecular complexity index is 314. The third kappa shape index (κ3) is 3.14. The van der Waals surface area contributed by atoms with Crippen LogP contribution in [0.3, 0.4) is 0 Å². The maximum absolute atomic E-state index is 4.19. The van der Waals surface area contributed by atoms with E-state index < -0.39 is 0 Å². The van der Waals surface area contributed by atoms with Crippen molar-refractivity contribution in [1.29, 1.82) is 0 Å². The fraction of sp³-hybridized carbons (Fsp3) is 0. The number of nitrogens with zero attached hydrogens (tertiary/aromatic N) is 2. The third-order valence-electron chi connectivity index (χ3n) is 1.59. The quantitative estimate of drug-likeness (QED) is 0.694. The molecule has 0 spiro atoms. The fourth-order valence-corrected chi connectivity index (χ4v) is 1.03. The van der Waals surface area contributed by atoms with Gasteiger partial charge in [-0.3, -0.25) is 9.97 Å². The van der Waals surface area contributed by atoms with Crippen LogP contribution in [0.15, 0.2) is 48.8 Å². The first-order valence-corrected chi connectivity index (χ1v) is 3.79. The lowest BCUT2D eigenvalue weighted by Gasteiger charge is -1.96. The summed E-state index contributed by atoms with van der Waals surface area (Å²) < 4.78 is 0. The highest BCUT2D eigenvalue weighted by Gasteiger charge is 1.95. The van der Waals surface area contributed by atoms with Crippen molar-refractivity contribution in [1.82, 2.24) is 9.97 Å². The van der Waals surface area contributed by atoms with Gasteiger partial charge in [0.05, 0.1) is 11.4 Å². The van der Waals surface area contributed by atoms with Gasteiger partial charge in [-0.05, 0) is 24.3 Å². The summed E-state index contributed by atoms with van der Waals surface area (Å²) in [6.45, 7) is 0. The minimum atomic E-state index is 0. The standard InChI is InChI=1S/C10H8N2.2H3P/c1-3-7-11-9(5-1)10-6-2-4-8-12-10;;/h1-8H;2*1H3. The molecular weight excluding hydrogens is 210 g/mol. The molecule has 0 bridgehead atoms. The van der Waals surface area contributed by atoms with Gasteiger partial charge in [-0.1, -0.05) is 12.1 Å². The summed E-state index contributed by atoms with van der Waals surface area (Å²) >= 11 is 0. The van der Waals surface area contributed by atoms with Crippen molar-refractivity contribution in [3.8, 4) is 11.4 Å². The Kier molecular flexibility index (Phi) is 6.19. The van der Waals surface area contributed by atoms with E-state index in [1.165, 1.54) is 0 Å². The SMILES string of the molecule is P.P.c1ccc(-c2ccccn2)nc1. The van der Waals surface area contributed by atoms with Crippen molar-refractivity contribution < 1.29 is 0 Å². The molecule has 2 unspecified atom stereocenters. The summed E-state index contributed by atoms with van der Waals surface area (Å²) in [4.78, 5) is 8.37. The molecule has 4 heteroatoms. The van der Waals surface area contributed by atoms with E-state index >= 15 is 0 Å². The molecule has 14 heavy (non-hydrogen) atoms. The van der Waals surface area contributed by atoms with Gasteiger partial charge in [0, 0.05) is 12.4 Å². The molecule has 2 heterocycles. The molecule has 0 aliphatic heterocycles. The van der Waals surface area contributed by atoms with Gasteiger partial charge >= 0.3 is 0 Å². The van der Waals surface area contributed by atoms with Gasteiger partial charge < -0.3 is 0 Å². The van der Waals surface area contributed by atoms with Crippen LogP contribution in [0.2, 0.25) is 0 Å². The van der Waals surface area contributed by atoms with Crippen molar-refractivity contribution in [2.24, 2.45) is 0 Å². The lowest BCUT2D eigenvalue weighted by atomic mass is 10.2. The Balaban J connectivity index is 0.000000845. The Labute approximate surface area is 90.4 Å². The predicted octanol–water partition coefficient (Wildman–Crippen LogP) is 2.26. The number of hydrogen-bond donors (Lipinski definition) is 0. The molecule has 0 N–H and O–H groups in total. The van der Waals surface area contributed by atoms with Crippen LogP contribution in [-0.2, 0) is 0 Å². The number of hydrogen-bond acceptors (Lipinski definition) is 2. The van der Waals surface area contributed by atoms with Gasteiger partial charge in [-0.15, -0.1) is 0 Å². The average Bonchev–Trinajstić information content (AvgIpc) is 2.21. The summed E-state index contributed by atoms with van der Waals surface area (Å²) in [6, 6.07) is 11.6. The van der Waals surface area contributed by atoms with Gasteiger partial charge in [-0.2, -0.15) is 19.8 Å². The van der Waals surface area contributed by atoms with E-state index in [9.17, 15) is 0 Å². The molecular formula is C10H14N2P2. The second kappa shape index (κ2) is 6.59. The van der Waals surface area contributed by atoms with Crippen LogP contribution in [0.4, 0.5) is 0 Å². The maximum Gasteiger partial charge on any atom is 0.0886 e. The molecule has 2 nitrogen and oxygen atoms in total. The summed E-state index contributed by atoms with van der Waals surface area (Å²) in [5.74, 6) is 0. The van der Waals surface area contributed by atoms with E-state index in [-0.39, 0.29) is 19.8 Å². The maximum atomic E-state index is 4.19. The van der Waals surface area contributed by atoms with E-state index in [0.717, 1.165) is 11.4 Å². The summed E-state index contributed by atoms with van der Waals surface area (Å²) in [5, 5.41) is 0. The minimum Gasteiger partial charge on any atom is -0.255 e. The molecule has 0 radical (unpaired) electrons. The van der Waals surface area contributed by atoms with Crippen LogP contribution in [0.5, 0.6) is 0 Å². The first-order valence-electron chi connectivity index (χ1n) is 3.79. The van der Waals surface area contributed by atoms with Gasteiger partial charge in [0.2, 0.25) is 0 Å². The zero-order valence-electron chi connectivity index (χ0n) is 7.93. The molecule has 0 saturated heterocycles. The Morgan fingerprint density at radius 1 is 0.643 bits per heavy atom. The highest BCUT2D eigenvalue weighted by atomic mass is 31.0. The number of rotatable bonds is 1. The Morgan fingerprint density at radius 2 is 1.07 bits per heavy atom. The van der Waals surface area contributed by atoms with Crippen molar-refractivity contribution in [3.05, 3.63) is 48.8 Å². The van der Waals surface area contributed by atoms with E-state index in [4.69, 9.17) is 0 Å². The lowest BCUT2D eigenvalue weighted by molar-refractivity contribution is 1.25. The highest BCUT2D eigenvalue weighted by molar-refractivity contribution is 6.92. The molecule has 0 amide bonds. The van der Waals surface area contributed by atoms with Crippen LogP contribution in [0, 0.1) is 0 Å². The summed E-state index contributed by atoms with van der Waals surface area (Å²) in [6.07, 6.45) is 3.54. The monoisotopic (exact) mass is 224 g/mol. The van der Waals surface area contributed by atoms with E-state index in [1.807, 2.05) is 36.4 Å². The molecule has 0 aliphatic carbocycles. The van der Waals surface area contributed by atoms with Crippen molar-refractivity contribution in [2.75, 3.05) is 0 Å². The zero-order chi connectivity index (χ0) is 8.23. The smallest absolute Gasteiger partial charge is 0.0886 e. The second-order valence-corrected chi connectivity index (χ2v) is 2.43. The third-order valence-corrected chi connectivity index (χ3v) is 1.59. The first-order chi connectivity index (χ1) is 5.97. The van der Waals surface area contributed by atoms with Crippen molar-refractivity contribution in [2.45, 2.75) is 0 Å². The van der Waals surface area contributed by atoms with E-state index in [0.29, 0.717) is 0 Å². The minimum absolute atomic E-state index is 0. The largest absolute Gasteiger partial charge is 0.255 e. The molecule has 0 aromatic carbocycles. The molecule has 0 saturated carbocycles. The molecule has 2 atom stereocenters. The first kappa shape index (κ1) is 13.2. The molecule has 2 rings (SSSR count). The van der Waals surface area contributed by atoms with Gasteiger partial charge in [0.1, 0.15) is 0 Å². The highest BCUT2D eigenvalue weighted by Crippen LogP contribution is 2.10. The normalized spacial score (nSPS) is 8.29. The van der Waals surface area contributed by atoms with E-state index in [2.05, 4.69) is 9.97 Å². The Hall–Kier alpha value is -0.840. The molecule has 2 aromatic heterocycles. The molecule has 0 aliphatic rings. The topological polar surface area (TPSA) is 25.8 Å². The summed E-state index contributed by atoms with van der Waals surface area (Å²) in [7, 11) is 0. The van der Waals surface area contributed by atoms with Gasteiger partial charge in [0.25, 0.3) is 0 Å². The lowest BCUT2D eigenvalue weighted by Crippen LogP contribution is -1.83. The van der Waals surface area contributed by atoms with Crippen molar-refractivity contribution >= 4 is 19.8 Å². The van der Waals surface area contributed by atoms with Crippen LogP contribution < -0.4 is 0 Å². The molecule has 74 valence electrons. The zero-order valence-corrected chi connectivity index (χ0v) is 10.8.